The molecule has 1 aliphatic rings. The molecule has 2 N–H and O–H groups in total. The molecule has 0 unspecified atom stereocenters. The highest BCUT2D eigenvalue weighted by Crippen LogP contribution is 2.32. The fourth-order valence-electron chi connectivity index (χ4n) is 1.01. The number of aromatic amines is 1. The van der Waals surface area contributed by atoms with E-state index in [0.717, 1.165) is 12.1 Å². The molecular weight excluding hydrogens is 198 g/mol. The smallest absolute Gasteiger partial charge is 0.421 e. The van der Waals surface area contributed by atoms with Crippen molar-refractivity contribution in [3.8, 4) is 5.75 Å². The normalized spacial score (nSPS) is 18.0. The van der Waals surface area contributed by atoms with Crippen molar-refractivity contribution < 1.29 is 18.3 Å². The number of carbonyl (C=O) groups excluding carboxylic acids is 1. The number of hydrogen-bond donors (Lipinski definition) is 2. The van der Waals surface area contributed by atoms with Gasteiger partial charge in [0, 0.05) is 6.07 Å². The first-order valence-corrected chi connectivity index (χ1v) is 3.61. The van der Waals surface area contributed by atoms with E-state index in [9.17, 15) is 18.4 Å². The molecule has 1 amide bonds. The first-order chi connectivity index (χ1) is 6.49. The highest BCUT2D eigenvalue weighted by molar-refractivity contribution is 5.97. The van der Waals surface area contributed by atoms with Crippen molar-refractivity contribution in [2.45, 2.75) is 6.11 Å². The number of rotatable bonds is 0. The van der Waals surface area contributed by atoms with Crippen LogP contribution in [0.15, 0.2) is 16.9 Å². The second-order valence-electron chi connectivity index (χ2n) is 2.63. The molecule has 0 bridgehead atoms. The topological polar surface area (TPSA) is 71.2 Å². The zero-order valence-electron chi connectivity index (χ0n) is 6.64. The fraction of sp³-hybridized carbons (Fsp3) is 0.143. The maximum Gasteiger partial charge on any atom is 0.482 e. The van der Waals surface area contributed by atoms with Crippen molar-refractivity contribution in [2.24, 2.45) is 0 Å². The lowest BCUT2D eigenvalue weighted by Gasteiger charge is -2.23. The Kier molecular flexibility index (Phi) is 1.57. The van der Waals surface area contributed by atoms with Crippen molar-refractivity contribution in [3.63, 3.8) is 0 Å². The molecule has 2 heterocycles. The van der Waals surface area contributed by atoms with Crippen molar-refractivity contribution in [1.82, 2.24) is 4.98 Å². The molecule has 1 aromatic rings. The number of nitrogens with one attached hydrogen (secondary N) is 2. The summed E-state index contributed by atoms with van der Waals surface area (Å²) in [4.78, 5) is 23.6. The highest BCUT2D eigenvalue weighted by atomic mass is 19.3. The molecule has 0 fully saturated rings. The van der Waals surface area contributed by atoms with E-state index in [1.165, 1.54) is 0 Å². The Labute approximate surface area is 75.7 Å². The lowest BCUT2D eigenvalue weighted by Crippen LogP contribution is -2.44. The van der Waals surface area contributed by atoms with E-state index in [4.69, 9.17) is 0 Å². The molecular formula is C7H4F2N2O3. The Bertz CT molecular complexity index is 454. The minimum atomic E-state index is -3.90. The van der Waals surface area contributed by atoms with Crippen LogP contribution in [0.1, 0.15) is 0 Å². The summed E-state index contributed by atoms with van der Waals surface area (Å²) in [5.74, 6) is -2.03. The predicted octanol–water partition coefficient (Wildman–Crippen LogP) is 0.299. The van der Waals surface area contributed by atoms with Gasteiger partial charge in [-0.15, -0.1) is 0 Å². The summed E-state index contributed by atoms with van der Waals surface area (Å²) < 4.78 is 29.4. The first-order valence-electron chi connectivity index (χ1n) is 3.61. The largest absolute Gasteiger partial charge is 0.482 e. The van der Waals surface area contributed by atoms with E-state index >= 15 is 0 Å². The highest BCUT2D eigenvalue weighted by Gasteiger charge is 2.46. The number of alkyl halides is 2. The van der Waals surface area contributed by atoms with E-state index in [-0.39, 0.29) is 11.6 Å². The third-order valence-corrected chi connectivity index (χ3v) is 1.62. The predicted molar refractivity (Wildman–Crippen MR) is 41.3 cm³/mol. The van der Waals surface area contributed by atoms with Crippen LogP contribution in [0.25, 0.3) is 0 Å². The Morgan fingerprint density at radius 3 is 2.71 bits per heavy atom. The molecule has 1 aliphatic heterocycles. The van der Waals surface area contributed by atoms with E-state index in [1.807, 2.05) is 5.32 Å². The van der Waals surface area contributed by atoms with Crippen LogP contribution >= 0.6 is 0 Å². The summed E-state index contributed by atoms with van der Waals surface area (Å²) in [7, 11) is 0. The summed E-state index contributed by atoms with van der Waals surface area (Å²) in [6, 6.07) is 2.08. The molecule has 1 aromatic heterocycles. The molecule has 2 rings (SSSR count). The van der Waals surface area contributed by atoms with Gasteiger partial charge in [0.1, 0.15) is 0 Å². The van der Waals surface area contributed by atoms with Crippen LogP contribution in [0.2, 0.25) is 0 Å². The van der Waals surface area contributed by atoms with Crippen LogP contribution in [0.3, 0.4) is 0 Å². The zero-order valence-corrected chi connectivity index (χ0v) is 6.64. The van der Waals surface area contributed by atoms with Gasteiger partial charge in [0.2, 0.25) is 5.56 Å². The van der Waals surface area contributed by atoms with Crippen LogP contribution in [-0.2, 0) is 4.79 Å². The third kappa shape index (κ3) is 1.22. The number of hydrogen-bond acceptors (Lipinski definition) is 3. The molecule has 0 saturated heterocycles. The summed E-state index contributed by atoms with van der Waals surface area (Å²) in [5, 5.41) is 1.82. The molecule has 0 aromatic carbocycles. The summed E-state index contributed by atoms with van der Waals surface area (Å²) in [6.07, 6.45) is -3.90. The zero-order chi connectivity index (χ0) is 10.3. The minimum Gasteiger partial charge on any atom is -0.421 e. The Hall–Kier alpha value is -1.92. The lowest BCUT2D eigenvalue weighted by molar-refractivity contribution is -0.189. The number of H-pyrrole nitrogens is 1. The van der Waals surface area contributed by atoms with Gasteiger partial charge in [-0.3, -0.25) is 9.59 Å². The molecule has 0 aliphatic carbocycles. The van der Waals surface area contributed by atoms with Gasteiger partial charge in [0.05, 0.1) is 0 Å². The van der Waals surface area contributed by atoms with Crippen LogP contribution < -0.4 is 15.6 Å². The van der Waals surface area contributed by atoms with Gasteiger partial charge in [0.15, 0.2) is 11.6 Å². The molecule has 74 valence electrons. The van der Waals surface area contributed by atoms with Gasteiger partial charge < -0.3 is 15.0 Å². The molecule has 0 saturated carbocycles. The summed E-state index contributed by atoms with van der Waals surface area (Å²) >= 11 is 0. The number of aromatic nitrogens is 1. The lowest BCUT2D eigenvalue weighted by atomic mass is 10.3. The first kappa shape index (κ1) is 8.67. The molecule has 5 nitrogen and oxygen atoms in total. The number of halogens is 2. The van der Waals surface area contributed by atoms with E-state index in [1.54, 1.807) is 0 Å². The SMILES string of the molecule is O=C1Nc2[nH]c(=O)ccc2OC1(F)F. The quantitative estimate of drug-likeness (QED) is 0.635. The van der Waals surface area contributed by atoms with Crippen LogP contribution in [0.5, 0.6) is 5.75 Å². The molecule has 14 heavy (non-hydrogen) atoms. The van der Waals surface area contributed by atoms with Gasteiger partial charge in [-0.2, -0.15) is 8.78 Å². The Morgan fingerprint density at radius 1 is 1.29 bits per heavy atom. The van der Waals surface area contributed by atoms with Gasteiger partial charge in [-0.25, -0.2) is 0 Å². The molecule has 0 atom stereocenters. The number of fused-ring (bicyclic) bond motifs is 1. The van der Waals surface area contributed by atoms with Crippen molar-refractivity contribution in [1.29, 1.82) is 0 Å². The second-order valence-corrected chi connectivity index (χ2v) is 2.63. The van der Waals surface area contributed by atoms with Gasteiger partial charge in [-0.05, 0) is 6.07 Å². The van der Waals surface area contributed by atoms with E-state index in [2.05, 4.69) is 9.72 Å². The molecule has 0 spiro atoms. The number of ether oxygens (including phenoxy) is 1. The maximum absolute atomic E-state index is 12.7. The van der Waals surface area contributed by atoms with Crippen LogP contribution in [-0.4, -0.2) is 17.0 Å². The summed E-state index contributed by atoms with van der Waals surface area (Å²) in [6.45, 7) is 0. The van der Waals surface area contributed by atoms with Gasteiger partial charge >= 0.3 is 12.0 Å². The average Bonchev–Trinajstić information content (AvgIpc) is 2.08. The van der Waals surface area contributed by atoms with Crippen molar-refractivity contribution in [3.05, 3.63) is 22.5 Å². The van der Waals surface area contributed by atoms with E-state index < -0.39 is 17.6 Å². The van der Waals surface area contributed by atoms with Gasteiger partial charge in [0.25, 0.3) is 0 Å². The van der Waals surface area contributed by atoms with Crippen molar-refractivity contribution >= 4 is 11.7 Å². The third-order valence-electron chi connectivity index (χ3n) is 1.62. The number of anilines is 1. The molecule has 7 heteroatoms. The fourth-order valence-corrected chi connectivity index (χ4v) is 1.01. The Morgan fingerprint density at radius 2 is 2.00 bits per heavy atom. The van der Waals surface area contributed by atoms with Gasteiger partial charge in [-0.1, -0.05) is 0 Å². The monoisotopic (exact) mass is 202 g/mol. The van der Waals surface area contributed by atoms with E-state index in [0.29, 0.717) is 0 Å². The minimum absolute atomic E-state index is 0.159. The van der Waals surface area contributed by atoms with Crippen LogP contribution in [0, 0.1) is 0 Å². The standard InChI is InChI=1S/C7H4F2N2O3/c8-7(9)6(13)11-5-3(14-7)1-2-4(12)10-5/h1-2H,(H2,10,11,12,13). The molecule has 0 radical (unpaired) electrons. The number of pyridine rings is 1. The maximum atomic E-state index is 12.7. The summed E-state index contributed by atoms with van der Waals surface area (Å²) in [5.41, 5.74) is -0.516. The average molecular weight is 202 g/mol. The van der Waals surface area contributed by atoms with Crippen molar-refractivity contribution in [2.75, 3.05) is 5.32 Å². The number of amides is 1. The Balaban J connectivity index is 2.51. The second kappa shape index (κ2) is 2.53. The number of carbonyl (C=O) groups is 1. The van der Waals surface area contributed by atoms with Crippen LogP contribution in [0.4, 0.5) is 14.6 Å².